The fourth-order valence-corrected chi connectivity index (χ4v) is 3.11. The van der Waals surface area contributed by atoms with Crippen LogP contribution in [0.2, 0.25) is 0 Å². The molecule has 0 aliphatic rings. The highest BCUT2D eigenvalue weighted by molar-refractivity contribution is 6.04. The zero-order valence-corrected chi connectivity index (χ0v) is 14.7. The number of anilines is 1. The van der Waals surface area contributed by atoms with Crippen LogP contribution in [-0.4, -0.2) is 15.9 Å². The highest BCUT2D eigenvalue weighted by atomic mass is 16.1. The van der Waals surface area contributed by atoms with Gasteiger partial charge in [-0.05, 0) is 62.4 Å². The second kappa shape index (κ2) is 6.48. The first-order valence-electron chi connectivity index (χ1n) is 8.53. The number of nitrogens with one attached hydrogen (secondary N) is 2. The van der Waals surface area contributed by atoms with Crippen molar-refractivity contribution in [3.05, 3.63) is 83.4 Å². The van der Waals surface area contributed by atoms with Crippen molar-refractivity contribution in [2.75, 3.05) is 5.32 Å². The summed E-state index contributed by atoms with van der Waals surface area (Å²) in [5, 5.41) is 2.95. The van der Waals surface area contributed by atoms with E-state index in [2.05, 4.69) is 21.4 Å². The van der Waals surface area contributed by atoms with Gasteiger partial charge in [0.1, 0.15) is 5.82 Å². The molecular weight excluding hydrogens is 322 g/mol. The summed E-state index contributed by atoms with van der Waals surface area (Å²) in [4.78, 5) is 20.4. The maximum Gasteiger partial charge on any atom is 0.255 e. The number of imidazole rings is 1. The predicted octanol–water partition coefficient (Wildman–Crippen LogP) is 5.10. The molecular formula is C22H19N3O. The number of benzene rings is 3. The third-order valence-corrected chi connectivity index (χ3v) is 4.29. The van der Waals surface area contributed by atoms with E-state index in [9.17, 15) is 4.79 Å². The Morgan fingerprint density at radius 1 is 0.923 bits per heavy atom. The summed E-state index contributed by atoms with van der Waals surface area (Å²) in [6, 6.07) is 21.5. The lowest BCUT2D eigenvalue weighted by atomic mass is 10.1. The third-order valence-electron chi connectivity index (χ3n) is 4.29. The number of aromatic nitrogens is 2. The molecule has 0 saturated carbocycles. The monoisotopic (exact) mass is 341 g/mol. The van der Waals surface area contributed by atoms with E-state index >= 15 is 0 Å². The lowest BCUT2D eigenvalue weighted by Gasteiger charge is -2.08. The second-order valence-electron chi connectivity index (χ2n) is 6.51. The van der Waals surface area contributed by atoms with Gasteiger partial charge in [-0.25, -0.2) is 4.98 Å². The highest BCUT2D eigenvalue weighted by Gasteiger charge is 2.09. The second-order valence-corrected chi connectivity index (χ2v) is 6.51. The fourth-order valence-electron chi connectivity index (χ4n) is 3.11. The number of fused-ring (bicyclic) bond motifs is 1. The quantitative estimate of drug-likeness (QED) is 0.545. The fraction of sp³-hybridized carbons (Fsp3) is 0.0909. The molecule has 1 aromatic heterocycles. The molecule has 0 saturated heterocycles. The Bertz CT molecular complexity index is 1040. The van der Waals surface area contributed by atoms with Gasteiger partial charge in [-0.2, -0.15) is 0 Å². The van der Waals surface area contributed by atoms with E-state index in [1.165, 1.54) is 0 Å². The zero-order valence-electron chi connectivity index (χ0n) is 14.7. The van der Waals surface area contributed by atoms with E-state index in [0.717, 1.165) is 39.2 Å². The van der Waals surface area contributed by atoms with Crippen LogP contribution >= 0.6 is 0 Å². The summed E-state index contributed by atoms with van der Waals surface area (Å²) in [5.41, 5.74) is 6.51. The van der Waals surface area contributed by atoms with Crippen molar-refractivity contribution in [2.45, 2.75) is 13.8 Å². The summed E-state index contributed by atoms with van der Waals surface area (Å²) in [7, 11) is 0. The lowest BCUT2D eigenvalue weighted by Crippen LogP contribution is -2.12. The van der Waals surface area contributed by atoms with Crippen molar-refractivity contribution in [1.82, 2.24) is 9.97 Å². The molecule has 4 nitrogen and oxygen atoms in total. The van der Waals surface area contributed by atoms with E-state index in [1.807, 2.05) is 74.5 Å². The molecule has 0 spiro atoms. The van der Waals surface area contributed by atoms with Gasteiger partial charge < -0.3 is 10.3 Å². The number of amides is 1. The smallest absolute Gasteiger partial charge is 0.255 e. The minimum Gasteiger partial charge on any atom is -0.338 e. The number of rotatable bonds is 3. The van der Waals surface area contributed by atoms with Crippen molar-refractivity contribution in [1.29, 1.82) is 0 Å². The van der Waals surface area contributed by atoms with Gasteiger partial charge in [0.2, 0.25) is 0 Å². The molecule has 4 aromatic rings. The van der Waals surface area contributed by atoms with Crippen LogP contribution in [-0.2, 0) is 0 Å². The first-order chi connectivity index (χ1) is 12.6. The Kier molecular flexibility index (Phi) is 4.01. The summed E-state index contributed by atoms with van der Waals surface area (Å²) in [5.74, 6) is 0.715. The average Bonchev–Trinajstić information content (AvgIpc) is 3.05. The number of hydrogen-bond acceptors (Lipinski definition) is 2. The molecule has 4 heteroatoms. The first kappa shape index (κ1) is 16.1. The number of carbonyl (C=O) groups excluding carboxylic acids is 1. The Labute approximate surface area is 151 Å². The van der Waals surface area contributed by atoms with Crippen molar-refractivity contribution in [2.24, 2.45) is 0 Å². The van der Waals surface area contributed by atoms with Gasteiger partial charge in [0.05, 0.1) is 11.0 Å². The Morgan fingerprint density at radius 2 is 1.62 bits per heavy atom. The van der Waals surface area contributed by atoms with Crippen LogP contribution in [0, 0.1) is 13.8 Å². The van der Waals surface area contributed by atoms with Crippen molar-refractivity contribution < 1.29 is 4.79 Å². The molecule has 1 amide bonds. The number of nitrogens with zero attached hydrogens (tertiary/aromatic N) is 1. The molecule has 0 aliphatic heterocycles. The molecule has 4 rings (SSSR count). The van der Waals surface area contributed by atoms with Gasteiger partial charge >= 0.3 is 0 Å². The summed E-state index contributed by atoms with van der Waals surface area (Å²) in [6.07, 6.45) is 0. The van der Waals surface area contributed by atoms with Crippen molar-refractivity contribution in [3.63, 3.8) is 0 Å². The molecule has 1 heterocycles. The molecule has 0 atom stereocenters. The van der Waals surface area contributed by atoms with Crippen molar-refractivity contribution >= 4 is 22.6 Å². The number of para-hydroxylation sites is 2. The van der Waals surface area contributed by atoms with E-state index in [4.69, 9.17) is 0 Å². The van der Waals surface area contributed by atoms with E-state index < -0.39 is 0 Å². The van der Waals surface area contributed by atoms with Crippen LogP contribution in [0.1, 0.15) is 21.5 Å². The van der Waals surface area contributed by atoms with Gasteiger partial charge in [0.25, 0.3) is 5.91 Å². The maximum atomic E-state index is 12.5. The van der Waals surface area contributed by atoms with Gasteiger partial charge in [-0.3, -0.25) is 4.79 Å². The molecule has 2 N–H and O–H groups in total. The van der Waals surface area contributed by atoms with Crippen LogP contribution in [0.25, 0.3) is 22.4 Å². The number of hydrogen-bond donors (Lipinski definition) is 2. The molecule has 0 bridgehead atoms. The lowest BCUT2D eigenvalue weighted by molar-refractivity contribution is 0.102. The standard InChI is InChI=1S/C22H19N3O/c1-14-11-15(2)13-17(12-14)22(26)23-18-9-7-16(8-10-18)21-24-19-5-3-4-6-20(19)25-21/h3-13H,1-2H3,(H,23,26)(H,24,25). The van der Waals surface area contributed by atoms with Gasteiger partial charge in [-0.1, -0.05) is 29.3 Å². The minimum absolute atomic E-state index is 0.103. The first-order valence-corrected chi connectivity index (χ1v) is 8.53. The summed E-state index contributed by atoms with van der Waals surface area (Å²) >= 11 is 0. The Balaban J connectivity index is 1.55. The van der Waals surface area contributed by atoms with Crippen LogP contribution in [0.5, 0.6) is 0 Å². The molecule has 3 aromatic carbocycles. The molecule has 26 heavy (non-hydrogen) atoms. The molecule has 0 radical (unpaired) electrons. The van der Waals surface area contributed by atoms with E-state index in [-0.39, 0.29) is 5.91 Å². The molecule has 128 valence electrons. The topological polar surface area (TPSA) is 57.8 Å². The van der Waals surface area contributed by atoms with Gasteiger partial charge in [0.15, 0.2) is 0 Å². The molecule has 0 fully saturated rings. The Morgan fingerprint density at radius 3 is 2.31 bits per heavy atom. The normalized spacial score (nSPS) is 10.8. The van der Waals surface area contributed by atoms with Crippen molar-refractivity contribution in [3.8, 4) is 11.4 Å². The minimum atomic E-state index is -0.103. The maximum absolute atomic E-state index is 12.5. The predicted molar refractivity (Wildman–Crippen MR) is 105 cm³/mol. The largest absolute Gasteiger partial charge is 0.338 e. The number of aryl methyl sites for hydroxylation is 2. The number of carbonyl (C=O) groups is 1. The van der Waals surface area contributed by atoms with Crippen LogP contribution in [0.4, 0.5) is 5.69 Å². The Hall–Kier alpha value is -3.40. The van der Waals surface area contributed by atoms with E-state index in [0.29, 0.717) is 5.56 Å². The van der Waals surface area contributed by atoms with Crippen LogP contribution < -0.4 is 5.32 Å². The SMILES string of the molecule is Cc1cc(C)cc(C(=O)Nc2ccc(-c3nc4ccccc4[nH]3)cc2)c1. The highest BCUT2D eigenvalue weighted by Crippen LogP contribution is 2.22. The molecule has 0 aliphatic carbocycles. The van der Waals surface area contributed by atoms with Crippen LogP contribution in [0.15, 0.2) is 66.7 Å². The van der Waals surface area contributed by atoms with Gasteiger partial charge in [-0.15, -0.1) is 0 Å². The van der Waals surface area contributed by atoms with E-state index in [1.54, 1.807) is 0 Å². The average molecular weight is 341 g/mol. The number of H-pyrrole nitrogens is 1. The number of aromatic amines is 1. The summed E-state index contributed by atoms with van der Waals surface area (Å²) < 4.78 is 0. The third kappa shape index (κ3) is 3.22. The van der Waals surface area contributed by atoms with Gasteiger partial charge in [0, 0.05) is 16.8 Å². The molecule has 0 unspecified atom stereocenters. The van der Waals surface area contributed by atoms with Crippen LogP contribution in [0.3, 0.4) is 0 Å². The summed E-state index contributed by atoms with van der Waals surface area (Å²) in [6.45, 7) is 3.98. The zero-order chi connectivity index (χ0) is 18.1.